The predicted octanol–water partition coefficient (Wildman–Crippen LogP) is 3.17. The normalized spacial score (nSPS) is 13.9. The second kappa shape index (κ2) is 4.76. The Balaban J connectivity index is 0.000000461. The first-order chi connectivity index (χ1) is 6.81. The molecule has 1 aliphatic rings. The molecule has 0 atom stereocenters. The molecule has 0 spiro atoms. The summed E-state index contributed by atoms with van der Waals surface area (Å²) in [6, 6.07) is 6.17. The van der Waals surface area contributed by atoms with Gasteiger partial charge in [-0.3, -0.25) is 0 Å². The van der Waals surface area contributed by atoms with Crippen molar-refractivity contribution in [1.29, 1.82) is 5.26 Å². The Hall–Kier alpha value is -1.36. The molecule has 1 aromatic rings. The first kappa shape index (κ1) is 10.7. The van der Waals surface area contributed by atoms with Crippen LogP contribution in [-0.2, 0) is 0 Å². The maximum atomic E-state index is 8.81. The van der Waals surface area contributed by atoms with Crippen molar-refractivity contribution in [2.45, 2.75) is 39.5 Å². The van der Waals surface area contributed by atoms with E-state index in [1.807, 2.05) is 32.9 Å². The van der Waals surface area contributed by atoms with Gasteiger partial charge in [-0.15, -0.1) is 0 Å². The highest BCUT2D eigenvalue weighted by molar-refractivity contribution is 5.37. The molecular weight excluding hydrogens is 172 g/mol. The fraction of sp³-hybridized carbons (Fsp3) is 0.500. The summed E-state index contributed by atoms with van der Waals surface area (Å²) in [5.41, 5.74) is 2.69. The molecule has 0 aromatic carbocycles. The highest BCUT2D eigenvalue weighted by atomic mass is 14.7. The molecule has 2 heteroatoms. The Morgan fingerprint density at radius 1 is 1.36 bits per heavy atom. The number of rotatable bonds is 1. The molecule has 0 bridgehead atoms. The second-order valence-corrected chi connectivity index (χ2v) is 3.28. The Bertz CT molecular complexity index is 346. The van der Waals surface area contributed by atoms with Gasteiger partial charge < -0.3 is 0 Å². The lowest BCUT2D eigenvalue weighted by atomic mass is 10.1. The summed E-state index contributed by atoms with van der Waals surface area (Å²) in [5, 5.41) is 8.81. The van der Waals surface area contributed by atoms with Gasteiger partial charge >= 0.3 is 0 Å². The van der Waals surface area contributed by atoms with Crippen LogP contribution in [0.15, 0.2) is 12.1 Å². The van der Waals surface area contributed by atoms with Gasteiger partial charge in [-0.25, -0.2) is 4.98 Å². The Morgan fingerprint density at radius 2 is 2.00 bits per heavy atom. The van der Waals surface area contributed by atoms with Crippen molar-refractivity contribution in [2.75, 3.05) is 0 Å². The Morgan fingerprint density at radius 3 is 2.50 bits per heavy atom. The SMILES string of the molecule is CC.Cc1ccc(C2CC2)c(C#N)n1. The summed E-state index contributed by atoms with van der Waals surface area (Å²) in [5.74, 6) is 0.618. The topological polar surface area (TPSA) is 36.7 Å². The highest BCUT2D eigenvalue weighted by Gasteiger charge is 2.26. The number of nitrogens with zero attached hydrogens (tertiary/aromatic N) is 2. The van der Waals surface area contributed by atoms with Gasteiger partial charge in [0, 0.05) is 5.69 Å². The van der Waals surface area contributed by atoms with Crippen LogP contribution < -0.4 is 0 Å². The first-order valence-corrected chi connectivity index (χ1v) is 5.19. The predicted molar refractivity (Wildman–Crippen MR) is 57.0 cm³/mol. The van der Waals surface area contributed by atoms with Gasteiger partial charge in [-0.05, 0) is 37.3 Å². The van der Waals surface area contributed by atoms with E-state index in [1.165, 1.54) is 12.8 Å². The molecule has 0 amide bonds. The van der Waals surface area contributed by atoms with E-state index < -0.39 is 0 Å². The number of hydrogen-bond acceptors (Lipinski definition) is 2. The van der Waals surface area contributed by atoms with Gasteiger partial charge in [0.25, 0.3) is 0 Å². The summed E-state index contributed by atoms with van der Waals surface area (Å²) in [6.07, 6.45) is 2.44. The molecule has 1 fully saturated rings. The van der Waals surface area contributed by atoms with Crippen molar-refractivity contribution in [2.24, 2.45) is 0 Å². The molecule has 0 radical (unpaired) electrons. The van der Waals surface area contributed by atoms with Crippen molar-refractivity contribution >= 4 is 0 Å². The molecule has 0 aliphatic heterocycles. The third kappa shape index (κ3) is 2.32. The van der Waals surface area contributed by atoms with Crippen molar-refractivity contribution < 1.29 is 0 Å². The average molecular weight is 188 g/mol. The van der Waals surface area contributed by atoms with Gasteiger partial charge in [0.2, 0.25) is 0 Å². The lowest BCUT2D eigenvalue weighted by Crippen LogP contribution is -1.93. The molecule has 0 saturated heterocycles. The zero-order valence-electron chi connectivity index (χ0n) is 9.04. The van der Waals surface area contributed by atoms with Gasteiger partial charge in [0.05, 0.1) is 0 Å². The molecule has 2 nitrogen and oxygen atoms in total. The van der Waals surface area contributed by atoms with Crippen molar-refractivity contribution in [3.05, 3.63) is 29.1 Å². The van der Waals surface area contributed by atoms with Crippen LogP contribution in [0.25, 0.3) is 0 Å². The summed E-state index contributed by atoms with van der Waals surface area (Å²) in [6.45, 7) is 5.91. The van der Waals surface area contributed by atoms with Crippen LogP contribution in [0.5, 0.6) is 0 Å². The van der Waals surface area contributed by atoms with Crippen LogP contribution in [0.3, 0.4) is 0 Å². The molecule has 74 valence electrons. The number of hydrogen-bond donors (Lipinski definition) is 0. The number of aryl methyl sites for hydroxylation is 1. The van der Waals surface area contributed by atoms with Crippen molar-refractivity contribution in [3.63, 3.8) is 0 Å². The van der Waals surface area contributed by atoms with E-state index in [9.17, 15) is 0 Å². The zero-order chi connectivity index (χ0) is 10.6. The van der Waals surface area contributed by atoms with E-state index in [1.54, 1.807) is 0 Å². The van der Waals surface area contributed by atoms with Crippen LogP contribution in [0.4, 0.5) is 0 Å². The maximum Gasteiger partial charge on any atom is 0.144 e. The Labute approximate surface area is 85.6 Å². The quantitative estimate of drug-likeness (QED) is 0.678. The van der Waals surface area contributed by atoms with Gasteiger partial charge in [-0.2, -0.15) is 5.26 Å². The molecule has 1 heterocycles. The van der Waals surface area contributed by atoms with E-state index in [4.69, 9.17) is 5.26 Å². The average Bonchev–Trinajstić information content (AvgIpc) is 3.04. The molecule has 1 saturated carbocycles. The molecular formula is C12H16N2. The summed E-state index contributed by atoms with van der Waals surface area (Å²) in [7, 11) is 0. The molecule has 2 rings (SSSR count). The highest BCUT2D eigenvalue weighted by Crippen LogP contribution is 2.41. The van der Waals surface area contributed by atoms with Crippen molar-refractivity contribution in [3.8, 4) is 6.07 Å². The van der Waals surface area contributed by atoms with E-state index in [-0.39, 0.29) is 0 Å². The fourth-order valence-corrected chi connectivity index (χ4v) is 1.38. The van der Waals surface area contributed by atoms with E-state index in [0.717, 1.165) is 11.3 Å². The Kier molecular flexibility index (Phi) is 3.64. The standard InChI is InChI=1S/C10H10N2.C2H6/c1-7-2-5-9(8-3-4-8)10(6-11)12-7;1-2/h2,5,8H,3-4H2,1H3;1-2H3. The second-order valence-electron chi connectivity index (χ2n) is 3.28. The van der Waals surface area contributed by atoms with Crippen LogP contribution >= 0.6 is 0 Å². The van der Waals surface area contributed by atoms with Crippen molar-refractivity contribution in [1.82, 2.24) is 4.98 Å². The largest absolute Gasteiger partial charge is 0.242 e. The van der Waals surface area contributed by atoms with Gasteiger partial charge in [-0.1, -0.05) is 19.9 Å². The fourth-order valence-electron chi connectivity index (χ4n) is 1.38. The zero-order valence-corrected chi connectivity index (χ0v) is 9.04. The minimum atomic E-state index is 0.618. The van der Waals surface area contributed by atoms with Crippen LogP contribution in [-0.4, -0.2) is 4.98 Å². The van der Waals surface area contributed by atoms with Crippen LogP contribution in [0.2, 0.25) is 0 Å². The lowest BCUT2D eigenvalue weighted by Gasteiger charge is -2.00. The van der Waals surface area contributed by atoms with Gasteiger partial charge in [0.1, 0.15) is 11.8 Å². The smallest absolute Gasteiger partial charge is 0.144 e. The lowest BCUT2D eigenvalue weighted by molar-refractivity contribution is 1.04. The van der Waals surface area contributed by atoms with Crippen LogP contribution in [0, 0.1) is 18.3 Å². The molecule has 14 heavy (non-hydrogen) atoms. The van der Waals surface area contributed by atoms with E-state index in [2.05, 4.69) is 11.1 Å². The molecule has 1 aromatic heterocycles. The first-order valence-electron chi connectivity index (χ1n) is 5.19. The summed E-state index contributed by atoms with van der Waals surface area (Å²) >= 11 is 0. The minimum Gasteiger partial charge on any atom is -0.242 e. The number of pyridine rings is 1. The maximum absolute atomic E-state index is 8.81. The van der Waals surface area contributed by atoms with Crippen LogP contribution in [0.1, 0.15) is 49.6 Å². The monoisotopic (exact) mass is 188 g/mol. The summed E-state index contributed by atoms with van der Waals surface area (Å²) in [4.78, 5) is 4.19. The third-order valence-electron chi connectivity index (χ3n) is 2.19. The molecule has 0 N–H and O–H groups in total. The molecule has 1 aliphatic carbocycles. The summed E-state index contributed by atoms with van der Waals surface area (Å²) < 4.78 is 0. The molecule has 0 unspecified atom stereocenters. The van der Waals surface area contributed by atoms with Gasteiger partial charge in [0.15, 0.2) is 0 Å². The van der Waals surface area contributed by atoms with E-state index in [0.29, 0.717) is 11.6 Å². The van der Waals surface area contributed by atoms with E-state index >= 15 is 0 Å². The number of nitriles is 1. The third-order valence-corrected chi connectivity index (χ3v) is 2.19. The minimum absolute atomic E-state index is 0.618. The number of aromatic nitrogens is 1.